The number of benzene rings is 2. The molecular formula is C22H21N5O2. The zero-order valence-electron chi connectivity index (χ0n) is 16.1. The summed E-state index contributed by atoms with van der Waals surface area (Å²) >= 11 is 0. The van der Waals surface area contributed by atoms with Crippen molar-refractivity contribution in [2.75, 3.05) is 11.4 Å². The van der Waals surface area contributed by atoms with E-state index in [4.69, 9.17) is 9.97 Å². The molecule has 7 nitrogen and oxygen atoms in total. The van der Waals surface area contributed by atoms with Gasteiger partial charge in [-0.15, -0.1) is 0 Å². The second kappa shape index (κ2) is 6.84. The van der Waals surface area contributed by atoms with Gasteiger partial charge in [-0.05, 0) is 56.5 Å². The Kier molecular flexibility index (Phi) is 4.16. The number of nitrogens with one attached hydrogen (secondary N) is 1. The van der Waals surface area contributed by atoms with Crippen molar-refractivity contribution >= 4 is 33.7 Å². The van der Waals surface area contributed by atoms with Gasteiger partial charge in [-0.1, -0.05) is 6.07 Å². The first-order valence-corrected chi connectivity index (χ1v) is 9.85. The van der Waals surface area contributed by atoms with Crippen molar-refractivity contribution in [3.63, 3.8) is 0 Å². The molecule has 3 heterocycles. The van der Waals surface area contributed by atoms with E-state index in [2.05, 4.69) is 28.1 Å². The van der Waals surface area contributed by atoms with Crippen molar-refractivity contribution in [2.45, 2.75) is 32.2 Å². The number of aromatic carboxylic acids is 1. The van der Waals surface area contributed by atoms with E-state index in [0.29, 0.717) is 17.1 Å². The minimum atomic E-state index is -0.962. The Morgan fingerprint density at radius 2 is 2.03 bits per heavy atom. The summed E-state index contributed by atoms with van der Waals surface area (Å²) in [4.78, 5) is 23.5. The maximum Gasteiger partial charge on any atom is 0.335 e. The second-order valence-electron chi connectivity index (χ2n) is 7.61. The summed E-state index contributed by atoms with van der Waals surface area (Å²) < 4.78 is 0. The Bertz CT molecular complexity index is 1230. The van der Waals surface area contributed by atoms with Gasteiger partial charge in [0.1, 0.15) is 5.69 Å². The molecule has 7 heteroatoms. The smallest absolute Gasteiger partial charge is 0.335 e. The summed E-state index contributed by atoms with van der Waals surface area (Å²) in [6.45, 7) is 3.13. The first kappa shape index (κ1) is 17.6. The summed E-state index contributed by atoms with van der Waals surface area (Å²) in [5.41, 5.74) is 4.27. The van der Waals surface area contributed by atoms with Crippen molar-refractivity contribution in [1.82, 2.24) is 20.2 Å². The Morgan fingerprint density at radius 3 is 2.86 bits per heavy atom. The molecule has 4 aromatic rings. The predicted octanol–water partition coefficient (Wildman–Crippen LogP) is 4.25. The standard InChI is InChI=1S/C22H21N5O2/c1-13-4-2-3-9-27(13)21-20(14-5-7-17-16(10-14)12-23-26-17)24-18-8-6-15(22(28)29)11-19(18)25-21/h5-8,10-13H,2-4,9H2,1H3,(H,23,26)(H,28,29). The van der Waals surface area contributed by atoms with Crippen LogP contribution in [0.5, 0.6) is 0 Å². The third-order valence-electron chi connectivity index (χ3n) is 5.68. The number of H-pyrrole nitrogens is 1. The number of hydrogen-bond acceptors (Lipinski definition) is 5. The van der Waals surface area contributed by atoms with Crippen LogP contribution >= 0.6 is 0 Å². The first-order valence-electron chi connectivity index (χ1n) is 9.85. The van der Waals surface area contributed by atoms with Crippen LogP contribution in [-0.2, 0) is 0 Å². The van der Waals surface area contributed by atoms with Gasteiger partial charge in [0.15, 0.2) is 5.82 Å². The molecule has 0 saturated carbocycles. The zero-order valence-corrected chi connectivity index (χ0v) is 16.1. The number of aromatic nitrogens is 4. The Labute approximate surface area is 167 Å². The maximum absolute atomic E-state index is 11.4. The number of piperidine rings is 1. The topological polar surface area (TPSA) is 95.0 Å². The highest BCUT2D eigenvalue weighted by molar-refractivity contribution is 5.94. The van der Waals surface area contributed by atoms with Gasteiger partial charge in [0, 0.05) is 23.5 Å². The zero-order chi connectivity index (χ0) is 20.0. The molecule has 0 amide bonds. The number of carboxylic acid groups (broad SMARTS) is 1. The van der Waals surface area contributed by atoms with Crippen molar-refractivity contribution < 1.29 is 9.90 Å². The summed E-state index contributed by atoms with van der Waals surface area (Å²) in [7, 11) is 0. The average Bonchev–Trinajstić information content (AvgIpc) is 3.20. The van der Waals surface area contributed by atoms with E-state index in [1.807, 2.05) is 12.1 Å². The van der Waals surface area contributed by atoms with E-state index < -0.39 is 5.97 Å². The third kappa shape index (κ3) is 3.08. The number of aromatic amines is 1. The van der Waals surface area contributed by atoms with E-state index in [-0.39, 0.29) is 5.56 Å². The van der Waals surface area contributed by atoms with Crippen molar-refractivity contribution in [1.29, 1.82) is 0 Å². The Morgan fingerprint density at radius 1 is 1.14 bits per heavy atom. The fraction of sp³-hybridized carbons (Fsp3) is 0.273. The highest BCUT2D eigenvalue weighted by atomic mass is 16.4. The van der Waals surface area contributed by atoms with Crippen LogP contribution in [0.3, 0.4) is 0 Å². The molecule has 0 spiro atoms. The van der Waals surface area contributed by atoms with Crippen LogP contribution in [0.25, 0.3) is 33.2 Å². The number of rotatable bonds is 3. The summed E-state index contributed by atoms with van der Waals surface area (Å²) in [6.07, 6.45) is 5.22. The molecular weight excluding hydrogens is 366 g/mol. The normalized spacial score (nSPS) is 17.1. The van der Waals surface area contributed by atoms with E-state index in [1.54, 1.807) is 24.4 Å². The molecule has 0 aliphatic carbocycles. The molecule has 2 N–H and O–H groups in total. The highest BCUT2D eigenvalue weighted by Crippen LogP contribution is 2.34. The van der Waals surface area contributed by atoms with Gasteiger partial charge in [-0.3, -0.25) is 5.10 Å². The maximum atomic E-state index is 11.4. The minimum absolute atomic E-state index is 0.219. The number of carboxylic acids is 1. The molecule has 0 radical (unpaired) electrons. The lowest BCUT2D eigenvalue weighted by Gasteiger charge is -2.35. The van der Waals surface area contributed by atoms with Crippen molar-refractivity contribution in [3.05, 3.63) is 48.2 Å². The van der Waals surface area contributed by atoms with Gasteiger partial charge < -0.3 is 10.0 Å². The van der Waals surface area contributed by atoms with Gasteiger partial charge in [0.25, 0.3) is 0 Å². The third-order valence-corrected chi connectivity index (χ3v) is 5.68. The summed E-state index contributed by atoms with van der Waals surface area (Å²) in [6, 6.07) is 11.4. The molecule has 1 aliphatic rings. The van der Waals surface area contributed by atoms with Gasteiger partial charge in [-0.2, -0.15) is 5.10 Å². The van der Waals surface area contributed by atoms with Gasteiger partial charge in [0.05, 0.1) is 28.3 Å². The molecule has 1 unspecified atom stereocenters. The minimum Gasteiger partial charge on any atom is -0.478 e. The van der Waals surface area contributed by atoms with Crippen molar-refractivity contribution in [2.24, 2.45) is 0 Å². The molecule has 2 aromatic carbocycles. The van der Waals surface area contributed by atoms with Crippen LogP contribution in [0, 0.1) is 0 Å². The Hall–Kier alpha value is -3.48. The molecule has 1 atom stereocenters. The van der Waals surface area contributed by atoms with Crippen molar-refractivity contribution in [3.8, 4) is 11.3 Å². The number of hydrogen-bond donors (Lipinski definition) is 2. The fourth-order valence-electron chi connectivity index (χ4n) is 4.07. The number of carbonyl (C=O) groups is 1. The van der Waals surface area contributed by atoms with E-state index in [9.17, 15) is 9.90 Å². The lowest BCUT2D eigenvalue weighted by Crippen LogP contribution is -2.38. The fourth-order valence-corrected chi connectivity index (χ4v) is 4.07. The quantitative estimate of drug-likeness (QED) is 0.546. The summed E-state index contributed by atoms with van der Waals surface area (Å²) in [5.74, 6) is -0.147. The second-order valence-corrected chi connectivity index (χ2v) is 7.61. The molecule has 29 heavy (non-hydrogen) atoms. The molecule has 146 valence electrons. The molecule has 2 aromatic heterocycles. The average molecular weight is 387 g/mol. The van der Waals surface area contributed by atoms with Crippen LogP contribution in [0.2, 0.25) is 0 Å². The highest BCUT2D eigenvalue weighted by Gasteiger charge is 2.24. The van der Waals surface area contributed by atoms with E-state index >= 15 is 0 Å². The van der Waals surface area contributed by atoms with E-state index in [0.717, 1.165) is 47.4 Å². The molecule has 0 bridgehead atoms. The molecule has 1 saturated heterocycles. The number of anilines is 1. The van der Waals surface area contributed by atoms with Crippen LogP contribution in [0.15, 0.2) is 42.6 Å². The SMILES string of the molecule is CC1CCCCN1c1nc2cc(C(=O)O)ccc2nc1-c1ccc2[nH]ncc2c1. The Balaban J connectivity index is 1.74. The van der Waals surface area contributed by atoms with E-state index in [1.165, 1.54) is 6.42 Å². The van der Waals surface area contributed by atoms with Crippen LogP contribution in [0.1, 0.15) is 36.5 Å². The summed E-state index contributed by atoms with van der Waals surface area (Å²) in [5, 5.41) is 17.5. The monoisotopic (exact) mass is 387 g/mol. The van der Waals surface area contributed by atoms with Crippen LogP contribution in [-0.4, -0.2) is 43.8 Å². The molecule has 5 rings (SSSR count). The van der Waals surface area contributed by atoms with Gasteiger partial charge >= 0.3 is 5.97 Å². The first-order chi connectivity index (χ1) is 14.1. The largest absolute Gasteiger partial charge is 0.478 e. The lowest BCUT2D eigenvalue weighted by atomic mass is 10.0. The number of fused-ring (bicyclic) bond motifs is 2. The predicted molar refractivity (Wildman–Crippen MR) is 112 cm³/mol. The van der Waals surface area contributed by atoms with Gasteiger partial charge in [-0.25, -0.2) is 14.8 Å². The van der Waals surface area contributed by atoms with Crippen LogP contribution in [0.4, 0.5) is 5.82 Å². The number of nitrogens with zero attached hydrogens (tertiary/aromatic N) is 4. The molecule has 1 aliphatic heterocycles. The van der Waals surface area contributed by atoms with Crippen LogP contribution < -0.4 is 4.90 Å². The van der Waals surface area contributed by atoms with Gasteiger partial charge in [0.2, 0.25) is 0 Å². The lowest BCUT2D eigenvalue weighted by molar-refractivity contribution is 0.0697. The molecule has 1 fully saturated rings.